The van der Waals surface area contributed by atoms with E-state index in [1.54, 1.807) is 18.2 Å². The van der Waals surface area contributed by atoms with E-state index >= 15 is 0 Å². The lowest BCUT2D eigenvalue weighted by Crippen LogP contribution is -2.38. The Balaban J connectivity index is 1.91. The van der Waals surface area contributed by atoms with Crippen molar-refractivity contribution in [3.8, 4) is 0 Å². The number of carbonyl (C=O) groups is 1. The lowest BCUT2D eigenvalue weighted by Gasteiger charge is -2.13. The van der Waals surface area contributed by atoms with Crippen molar-refractivity contribution in [2.45, 2.75) is 45.0 Å². The van der Waals surface area contributed by atoms with E-state index in [0.717, 1.165) is 12.0 Å². The van der Waals surface area contributed by atoms with Crippen LogP contribution < -0.4 is 16.0 Å². The van der Waals surface area contributed by atoms with Crippen molar-refractivity contribution in [1.29, 1.82) is 0 Å². The number of guanidine groups is 1. The second-order valence-electron chi connectivity index (χ2n) is 6.18. The molecule has 1 saturated heterocycles. The predicted octanol–water partition coefficient (Wildman–Crippen LogP) is 2.81. The molecule has 9 heteroatoms. The molecule has 1 aliphatic rings. The maximum Gasteiger partial charge on any atom is 0.390 e. The monoisotopic (exact) mass is 386 g/mol. The van der Waals surface area contributed by atoms with Crippen LogP contribution in [0.5, 0.6) is 0 Å². The van der Waals surface area contributed by atoms with E-state index in [0.29, 0.717) is 31.2 Å². The first-order valence-electron chi connectivity index (χ1n) is 8.97. The molecule has 0 bridgehead atoms. The number of hydrogen-bond acceptors (Lipinski definition) is 3. The molecule has 1 unspecified atom stereocenters. The lowest BCUT2D eigenvalue weighted by atomic mass is 10.2. The Morgan fingerprint density at radius 3 is 2.81 bits per heavy atom. The third-order valence-electron chi connectivity index (χ3n) is 3.88. The summed E-state index contributed by atoms with van der Waals surface area (Å²) in [4.78, 5) is 16.4. The number of carbonyl (C=O) groups excluding carboxylic acids is 1. The first-order valence-corrected chi connectivity index (χ1v) is 8.97. The average Bonchev–Trinajstić information content (AvgIpc) is 3.14. The number of alkyl halides is 3. The molecule has 1 aliphatic heterocycles. The molecule has 1 amide bonds. The summed E-state index contributed by atoms with van der Waals surface area (Å²) in [6.07, 6.45) is -3.96. The van der Waals surface area contributed by atoms with E-state index in [4.69, 9.17) is 4.74 Å². The summed E-state index contributed by atoms with van der Waals surface area (Å²) >= 11 is 0. The van der Waals surface area contributed by atoms with E-state index in [9.17, 15) is 18.0 Å². The third kappa shape index (κ3) is 7.86. The van der Waals surface area contributed by atoms with Crippen LogP contribution in [0, 0.1) is 0 Å². The van der Waals surface area contributed by atoms with Crippen LogP contribution in [0.3, 0.4) is 0 Å². The Bertz CT molecular complexity index is 644. The zero-order chi connectivity index (χ0) is 19.7. The molecule has 3 N–H and O–H groups in total. The van der Waals surface area contributed by atoms with Gasteiger partial charge in [0.15, 0.2) is 5.96 Å². The Labute approximate surface area is 156 Å². The molecule has 1 fully saturated rings. The van der Waals surface area contributed by atoms with Gasteiger partial charge in [0.2, 0.25) is 0 Å². The van der Waals surface area contributed by atoms with Crippen LogP contribution >= 0.6 is 0 Å². The highest BCUT2D eigenvalue weighted by Gasteiger charge is 2.26. The molecule has 0 aromatic heterocycles. The maximum atomic E-state index is 12.3. The Hall–Kier alpha value is -2.29. The first-order chi connectivity index (χ1) is 12.9. The van der Waals surface area contributed by atoms with Gasteiger partial charge in [-0.3, -0.25) is 4.79 Å². The number of hydrogen-bond donors (Lipinski definition) is 3. The van der Waals surface area contributed by atoms with Crippen LogP contribution in [0.15, 0.2) is 29.3 Å². The summed E-state index contributed by atoms with van der Waals surface area (Å²) in [7, 11) is 0. The van der Waals surface area contributed by atoms with E-state index < -0.39 is 18.7 Å². The van der Waals surface area contributed by atoms with Gasteiger partial charge >= 0.3 is 6.18 Å². The first kappa shape index (κ1) is 21.0. The van der Waals surface area contributed by atoms with Gasteiger partial charge in [-0.1, -0.05) is 12.1 Å². The SMILES string of the molecule is CCNC(=NCc1cccc(NC(=O)C2CCCO2)c1)NCCC(F)(F)F. The van der Waals surface area contributed by atoms with Gasteiger partial charge in [0, 0.05) is 25.4 Å². The molecule has 2 rings (SSSR count). The number of ether oxygens (including phenoxy) is 1. The third-order valence-corrected chi connectivity index (χ3v) is 3.88. The molecule has 1 aromatic rings. The van der Waals surface area contributed by atoms with Crippen molar-refractivity contribution >= 4 is 17.6 Å². The molecule has 150 valence electrons. The number of rotatable bonds is 7. The number of nitrogens with zero attached hydrogens (tertiary/aromatic N) is 1. The molecule has 0 aliphatic carbocycles. The summed E-state index contributed by atoms with van der Waals surface area (Å²) < 4.78 is 42.1. The van der Waals surface area contributed by atoms with E-state index in [1.165, 1.54) is 0 Å². The molecular formula is C18H25F3N4O2. The molecule has 27 heavy (non-hydrogen) atoms. The highest BCUT2D eigenvalue weighted by atomic mass is 19.4. The maximum absolute atomic E-state index is 12.3. The zero-order valence-corrected chi connectivity index (χ0v) is 15.2. The van der Waals surface area contributed by atoms with Gasteiger partial charge in [0.1, 0.15) is 6.10 Å². The Morgan fingerprint density at radius 1 is 1.33 bits per heavy atom. The average molecular weight is 386 g/mol. The van der Waals surface area contributed by atoms with E-state index in [-0.39, 0.29) is 19.0 Å². The van der Waals surface area contributed by atoms with Crippen molar-refractivity contribution in [1.82, 2.24) is 10.6 Å². The van der Waals surface area contributed by atoms with Gasteiger partial charge in [-0.2, -0.15) is 13.2 Å². The fourth-order valence-corrected chi connectivity index (χ4v) is 2.59. The molecule has 1 heterocycles. The highest BCUT2D eigenvalue weighted by Crippen LogP contribution is 2.18. The molecule has 6 nitrogen and oxygen atoms in total. The number of halogens is 3. The van der Waals surface area contributed by atoms with Crippen molar-refractivity contribution < 1.29 is 22.7 Å². The number of benzene rings is 1. The quantitative estimate of drug-likeness (QED) is 0.498. The Kier molecular flexibility index (Phi) is 7.90. The summed E-state index contributed by atoms with van der Waals surface area (Å²) in [6.45, 7) is 3.00. The molecule has 1 atom stereocenters. The van der Waals surface area contributed by atoms with Crippen molar-refractivity contribution in [3.63, 3.8) is 0 Å². The van der Waals surface area contributed by atoms with Crippen molar-refractivity contribution in [2.24, 2.45) is 4.99 Å². The fraction of sp³-hybridized carbons (Fsp3) is 0.556. The zero-order valence-electron chi connectivity index (χ0n) is 15.2. The van der Waals surface area contributed by atoms with Gasteiger partial charge in [-0.25, -0.2) is 4.99 Å². The second-order valence-corrected chi connectivity index (χ2v) is 6.18. The highest BCUT2D eigenvalue weighted by molar-refractivity contribution is 5.94. The van der Waals surface area contributed by atoms with Gasteiger partial charge in [-0.15, -0.1) is 0 Å². The minimum absolute atomic E-state index is 0.171. The molecule has 1 aromatic carbocycles. The van der Waals surface area contributed by atoms with Crippen LogP contribution in [-0.2, 0) is 16.1 Å². The second kappa shape index (κ2) is 10.1. The van der Waals surface area contributed by atoms with E-state index in [2.05, 4.69) is 20.9 Å². The summed E-state index contributed by atoms with van der Waals surface area (Å²) in [5.74, 6) is 0.144. The molecular weight excluding hydrogens is 361 g/mol. The molecule has 0 radical (unpaired) electrons. The number of anilines is 1. The van der Waals surface area contributed by atoms with Crippen molar-refractivity contribution in [3.05, 3.63) is 29.8 Å². The summed E-state index contributed by atoms with van der Waals surface area (Å²) in [5, 5.41) is 8.39. The largest absolute Gasteiger partial charge is 0.390 e. The van der Waals surface area contributed by atoms with Crippen LogP contribution in [0.4, 0.5) is 18.9 Å². The van der Waals surface area contributed by atoms with E-state index in [1.807, 2.05) is 13.0 Å². The standard InChI is InChI=1S/C18H25F3N4O2/c1-2-22-17(23-9-8-18(19,20)21)24-12-13-5-3-6-14(11-13)25-16(26)15-7-4-10-27-15/h3,5-6,11,15H,2,4,7-10,12H2,1H3,(H,25,26)(H2,22,23,24). The number of nitrogens with one attached hydrogen (secondary N) is 3. The van der Waals surface area contributed by atoms with Crippen LogP contribution in [0.25, 0.3) is 0 Å². The van der Waals surface area contributed by atoms with Gasteiger partial charge in [-0.05, 0) is 37.5 Å². The minimum atomic E-state index is -4.21. The predicted molar refractivity (Wildman–Crippen MR) is 97.5 cm³/mol. The Morgan fingerprint density at radius 2 is 2.15 bits per heavy atom. The molecule has 0 spiro atoms. The molecule has 0 saturated carbocycles. The lowest BCUT2D eigenvalue weighted by molar-refractivity contribution is -0.132. The minimum Gasteiger partial charge on any atom is -0.368 e. The van der Waals surface area contributed by atoms with Crippen molar-refractivity contribution in [2.75, 3.05) is 25.0 Å². The summed E-state index contributed by atoms with van der Waals surface area (Å²) in [5.41, 5.74) is 1.46. The number of amides is 1. The normalized spacial score (nSPS) is 17.6. The van der Waals surface area contributed by atoms with Gasteiger partial charge in [0.05, 0.1) is 13.0 Å². The van der Waals surface area contributed by atoms with Crippen LogP contribution in [-0.4, -0.2) is 43.8 Å². The smallest absolute Gasteiger partial charge is 0.368 e. The topological polar surface area (TPSA) is 74.8 Å². The van der Waals surface area contributed by atoms with Gasteiger partial charge in [0.25, 0.3) is 5.91 Å². The summed E-state index contributed by atoms with van der Waals surface area (Å²) in [6, 6.07) is 7.19. The van der Waals surface area contributed by atoms with Crippen LogP contribution in [0.2, 0.25) is 0 Å². The number of aliphatic imine (C=N–C) groups is 1. The fourth-order valence-electron chi connectivity index (χ4n) is 2.59. The van der Waals surface area contributed by atoms with Crippen LogP contribution in [0.1, 0.15) is 31.7 Å². The van der Waals surface area contributed by atoms with Gasteiger partial charge < -0.3 is 20.7 Å².